The zero-order chi connectivity index (χ0) is 18.3. The van der Waals surface area contributed by atoms with Gasteiger partial charge in [-0.1, -0.05) is 23.7 Å². The highest BCUT2D eigenvalue weighted by molar-refractivity contribution is 7.94. The van der Waals surface area contributed by atoms with E-state index in [4.69, 9.17) is 11.6 Å². The van der Waals surface area contributed by atoms with Gasteiger partial charge in [-0.3, -0.25) is 4.72 Å². The van der Waals surface area contributed by atoms with E-state index < -0.39 is 10.0 Å². The summed E-state index contributed by atoms with van der Waals surface area (Å²) in [6.07, 6.45) is 0. The first-order chi connectivity index (χ1) is 12.4. The quantitative estimate of drug-likeness (QED) is 0.560. The number of anilines is 1. The lowest BCUT2D eigenvalue weighted by molar-refractivity contribution is 0.603. The zero-order valence-corrected chi connectivity index (χ0v) is 15.8. The number of benzene rings is 1. The van der Waals surface area contributed by atoms with Gasteiger partial charge in [0.1, 0.15) is 4.21 Å². The minimum atomic E-state index is -3.69. The molecule has 132 valence electrons. The molecular formula is C16H12ClN5O2S2. The minimum Gasteiger partial charge on any atom is -0.279 e. The number of hydrogen-bond donors (Lipinski definition) is 1. The molecule has 3 aromatic heterocycles. The summed E-state index contributed by atoms with van der Waals surface area (Å²) in [5.41, 5.74) is 2.54. The van der Waals surface area contributed by atoms with E-state index in [0.717, 1.165) is 16.9 Å². The molecule has 0 aliphatic carbocycles. The third kappa shape index (κ3) is 3.16. The number of nitrogens with zero attached hydrogens (tertiary/aromatic N) is 4. The van der Waals surface area contributed by atoms with Crippen LogP contribution in [0.5, 0.6) is 0 Å². The molecule has 0 atom stereocenters. The number of nitrogens with one attached hydrogen (secondary N) is 1. The summed E-state index contributed by atoms with van der Waals surface area (Å²) in [7, 11) is -3.69. The van der Waals surface area contributed by atoms with Gasteiger partial charge < -0.3 is 0 Å². The number of sulfonamides is 1. The Bertz CT molecular complexity index is 1220. The molecule has 1 aromatic carbocycles. The van der Waals surface area contributed by atoms with Crippen LogP contribution in [-0.4, -0.2) is 28.2 Å². The van der Waals surface area contributed by atoms with Crippen molar-refractivity contribution in [2.75, 3.05) is 4.72 Å². The van der Waals surface area contributed by atoms with E-state index in [0.29, 0.717) is 27.2 Å². The first-order valence-corrected chi connectivity index (χ1v) is 10.2. The maximum Gasteiger partial charge on any atom is 0.271 e. The highest BCUT2D eigenvalue weighted by Gasteiger charge is 2.17. The van der Waals surface area contributed by atoms with E-state index >= 15 is 0 Å². The minimum absolute atomic E-state index is 0.160. The first-order valence-electron chi connectivity index (χ1n) is 7.50. The molecule has 0 spiro atoms. The van der Waals surface area contributed by atoms with Crippen molar-refractivity contribution in [1.82, 2.24) is 19.8 Å². The maximum atomic E-state index is 12.5. The highest BCUT2D eigenvalue weighted by Crippen LogP contribution is 2.28. The lowest BCUT2D eigenvalue weighted by Gasteiger charge is -2.08. The van der Waals surface area contributed by atoms with Gasteiger partial charge in [0, 0.05) is 11.3 Å². The number of aryl methyl sites for hydroxylation is 1. The number of aromatic nitrogens is 4. The summed E-state index contributed by atoms with van der Waals surface area (Å²) in [5.74, 6) is 0.674. The fraction of sp³-hybridized carbons (Fsp3) is 0.0625. The largest absolute Gasteiger partial charge is 0.279 e. The Morgan fingerprint density at radius 3 is 2.73 bits per heavy atom. The molecule has 10 heteroatoms. The van der Waals surface area contributed by atoms with Crippen molar-refractivity contribution in [2.24, 2.45) is 0 Å². The summed E-state index contributed by atoms with van der Waals surface area (Å²) in [6.45, 7) is 1.81. The molecule has 0 fully saturated rings. The zero-order valence-electron chi connectivity index (χ0n) is 13.4. The SMILES string of the molecule is Cc1nnc2ccc(-c3cccc(NS(=O)(=O)c4ccc(Cl)s4)c3)nn12. The molecule has 0 aliphatic rings. The van der Waals surface area contributed by atoms with E-state index in [2.05, 4.69) is 20.0 Å². The van der Waals surface area contributed by atoms with E-state index in [1.54, 1.807) is 28.8 Å². The molecular weight excluding hydrogens is 394 g/mol. The monoisotopic (exact) mass is 405 g/mol. The molecule has 4 rings (SSSR count). The Morgan fingerprint density at radius 1 is 1.12 bits per heavy atom. The van der Waals surface area contributed by atoms with E-state index in [9.17, 15) is 8.42 Å². The summed E-state index contributed by atoms with van der Waals surface area (Å²) in [6, 6.07) is 13.7. The van der Waals surface area contributed by atoms with Gasteiger partial charge in [-0.15, -0.1) is 21.5 Å². The van der Waals surface area contributed by atoms with Gasteiger partial charge in [-0.05, 0) is 43.3 Å². The van der Waals surface area contributed by atoms with Crippen molar-refractivity contribution in [3.8, 4) is 11.3 Å². The van der Waals surface area contributed by atoms with Crippen LogP contribution in [0.2, 0.25) is 4.34 Å². The number of thiophene rings is 1. The molecule has 0 unspecified atom stereocenters. The van der Waals surface area contributed by atoms with Crippen molar-refractivity contribution in [3.63, 3.8) is 0 Å². The van der Waals surface area contributed by atoms with Crippen LogP contribution >= 0.6 is 22.9 Å². The topological polar surface area (TPSA) is 89.2 Å². The third-order valence-corrected chi connectivity index (χ3v) is 6.75. The molecule has 0 amide bonds. The number of rotatable bonds is 4. The van der Waals surface area contributed by atoms with Crippen LogP contribution < -0.4 is 4.72 Å². The van der Waals surface area contributed by atoms with Crippen LogP contribution in [0.15, 0.2) is 52.7 Å². The van der Waals surface area contributed by atoms with Crippen molar-refractivity contribution in [3.05, 3.63) is 58.7 Å². The Hall–Kier alpha value is -2.49. The number of fused-ring (bicyclic) bond motifs is 1. The lowest BCUT2D eigenvalue weighted by Crippen LogP contribution is -2.11. The van der Waals surface area contributed by atoms with Crippen molar-refractivity contribution >= 4 is 44.3 Å². The first kappa shape index (κ1) is 17.0. The van der Waals surface area contributed by atoms with Gasteiger partial charge in [0.2, 0.25) is 0 Å². The predicted octanol–water partition coefficient (Wildman–Crippen LogP) is 3.62. The van der Waals surface area contributed by atoms with E-state index in [1.807, 2.05) is 25.1 Å². The van der Waals surface area contributed by atoms with Crippen LogP contribution in [0.4, 0.5) is 5.69 Å². The van der Waals surface area contributed by atoms with Gasteiger partial charge in [0.05, 0.1) is 10.0 Å². The average molecular weight is 406 g/mol. The molecule has 0 aliphatic heterocycles. The molecule has 3 heterocycles. The predicted molar refractivity (Wildman–Crippen MR) is 101 cm³/mol. The van der Waals surface area contributed by atoms with Gasteiger partial charge in [0.25, 0.3) is 10.0 Å². The van der Waals surface area contributed by atoms with Gasteiger partial charge >= 0.3 is 0 Å². The van der Waals surface area contributed by atoms with Crippen LogP contribution in [-0.2, 0) is 10.0 Å². The van der Waals surface area contributed by atoms with Crippen LogP contribution in [0.25, 0.3) is 16.9 Å². The smallest absolute Gasteiger partial charge is 0.271 e. The van der Waals surface area contributed by atoms with Gasteiger partial charge in [0.15, 0.2) is 11.5 Å². The highest BCUT2D eigenvalue weighted by atomic mass is 35.5. The Kier molecular flexibility index (Phi) is 4.14. The molecule has 0 bridgehead atoms. The Labute approximate surface area is 158 Å². The van der Waals surface area contributed by atoms with Crippen molar-refractivity contribution in [2.45, 2.75) is 11.1 Å². The Balaban J connectivity index is 1.68. The molecule has 26 heavy (non-hydrogen) atoms. The molecule has 0 radical (unpaired) electrons. The summed E-state index contributed by atoms with van der Waals surface area (Å²) >= 11 is 6.84. The van der Waals surface area contributed by atoms with Crippen LogP contribution in [0.3, 0.4) is 0 Å². The second kappa shape index (κ2) is 6.35. The summed E-state index contributed by atoms with van der Waals surface area (Å²) in [4.78, 5) is 0. The fourth-order valence-corrected chi connectivity index (χ4v) is 4.97. The van der Waals surface area contributed by atoms with Crippen LogP contribution in [0, 0.1) is 6.92 Å². The number of hydrogen-bond acceptors (Lipinski definition) is 6. The third-order valence-electron chi connectivity index (χ3n) is 3.64. The molecule has 0 saturated carbocycles. The average Bonchev–Trinajstić information content (AvgIpc) is 3.21. The molecule has 7 nitrogen and oxygen atoms in total. The standard InChI is InChI=1S/C16H12ClN5O2S2/c1-10-18-19-15-7-5-13(20-22(10)15)11-3-2-4-12(9-11)21-26(23,24)16-8-6-14(17)25-16/h2-9,21H,1H3. The summed E-state index contributed by atoms with van der Waals surface area (Å²) < 4.78 is 29.7. The second-order valence-corrected chi connectivity index (χ2v) is 9.10. The maximum absolute atomic E-state index is 12.5. The normalized spacial score (nSPS) is 11.8. The van der Waals surface area contributed by atoms with Crippen molar-refractivity contribution in [1.29, 1.82) is 0 Å². The van der Waals surface area contributed by atoms with Gasteiger partial charge in [-0.2, -0.15) is 9.61 Å². The Morgan fingerprint density at radius 2 is 1.96 bits per heavy atom. The van der Waals surface area contributed by atoms with E-state index in [-0.39, 0.29) is 4.21 Å². The van der Waals surface area contributed by atoms with Gasteiger partial charge in [-0.25, -0.2) is 8.42 Å². The van der Waals surface area contributed by atoms with Crippen LogP contribution in [0.1, 0.15) is 5.82 Å². The van der Waals surface area contributed by atoms with E-state index in [1.165, 1.54) is 6.07 Å². The fourth-order valence-electron chi connectivity index (χ4n) is 2.44. The number of halogens is 1. The molecule has 4 aromatic rings. The summed E-state index contributed by atoms with van der Waals surface area (Å²) in [5, 5.41) is 12.5. The molecule has 0 saturated heterocycles. The lowest BCUT2D eigenvalue weighted by atomic mass is 10.1. The second-order valence-electron chi connectivity index (χ2n) is 5.48. The molecule has 1 N–H and O–H groups in total. The van der Waals surface area contributed by atoms with Crippen molar-refractivity contribution < 1.29 is 8.42 Å².